The van der Waals surface area contributed by atoms with E-state index in [4.69, 9.17) is 9.15 Å². The van der Waals surface area contributed by atoms with E-state index in [0.29, 0.717) is 56.1 Å². The lowest BCUT2D eigenvalue weighted by molar-refractivity contribution is 0.0611. The third-order valence-corrected chi connectivity index (χ3v) is 5.45. The van der Waals surface area contributed by atoms with Gasteiger partial charge < -0.3 is 19.0 Å². The number of carbonyl (C=O) groups excluding carboxylic acids is 2. The van der Waals surface area contributed by atoms with Crippen LogP contribution in [0.4, 0.5) is 0 Å². The van der Waals surface area contributed by atoms with E-state index in [9.17, 15) is 9.59 Å². The number of benzene rings is 1. The lowest BCUT2D eigenvalue weighted by Crippen LogP contribution is -2.37. The summed E-state index contributed by atoms with van der Waals surface area (Å²) in [4.78, 5) is 33.7. The van der Waals surface area contributed by atoms with Gasteiger partial charge in [0.1, 0.15) is 5.58 Å². The van der Waals surface area contributed by atoms with Gasteiger partial charge in [-0.15, -0.1) is 0 Å². The number of hydrogen-bond donors (Lipinski definition) is 0. The molecule has 2 aromatic heterocycles. The summed E-state index contributed by atoms with van der Waals surface area (Å²) < 4.78 is 11.8. The molecule has 2 amide bonds. The summed E-state index contributed by atoms with van der Waals surface area (Å²) in [5.41, 5.74) is 2.07. The second-order valence-electron chi connectivity index (χ2n) is 7.94. The first kappa shape index (κ1) is 21.1. The van der Waals surface area contributed by atoms with Gasteiger partial charge in [0.05, 0.1) is 12.7 Å². The molecule has 0 radical (unpaired) electrons. The van der Waals surface area contributed by atoms with Gasteiger partial charge in [0, 0.05) is 55.1 Å². The highest BCUT2D eigenvalue weighted by Gasteiger charge is 2.28. The van der Waals surface area contributed by atoms with E-state index in [1.54, 1.807) is 34.3 Å². The van der Waals surface area contributed by atoms with E-state index in [0.717, 1.165) is 10.9 Å². The van der Waals surface area contributed by atoms with E-state index >= 15 is 0 Å². The minimum Gasteiger partial charge on any atom is -0.451 e. The number of furan rings is 1. The number of amides is 2. The Morgan fingerprint density at radius 2 is 1.68 bits per heavy atom. The SMILES string of the molecule is CC(C)OCc1c(C(=O)N2CCCN(C(=O)c3ccncc3)CC2)oc2ccccc12. The maximum absolute atomic E-state index is 13.4. The Hall–Kier alpha value is -3.19. The standard InChI is InChI=1S/C24H27N3O4/c1-17(2)30-16-20-19-6-3-4-7-21(19)31-22(20)24(29)27-13-5-12-26(14-15-27)23(28)18-8-10-25-11-9-18/h3-4,6-11,17H,5,12-16H2,1-2H3. The first-order chi connectivity index (χ1) is 15.0. The maximum atomic E-state index is 13.4. The van der Waals surface area contributed by atoms with Crippen molar-refractivity contribution in [2.75, 3.05) is 26.2 Å². The Kier molecular flexibility index (Phi) is 6.32. The summed E-state index contributed by atoms with van der Waals surface area (Å²) in [5.74, 6) is 0.138. The smallest absolute Gasteiger partial charge is 0.290 e. The molecule has 0 spiro atoms. The highest BCUT2D eigenvalue weighted by Crippen LogP contribution is 2.28. The van der Waals surface area contributed by atoms with Gasteiger partial charge in [0.25, 0.3) is 11.8 Å². The van der Waals surface area contributed by atoms with Crippen molar-refractivity contribution in [2.45, 2.75) is 33.0 Å². The van der Waals surface area contributed by atoms with Gasteiger partial charge in [-0.1, -0.05) is 18.2 Å². The van der Waals surface area contributed by atoms with Gasteiger partial charge in [-0.25, -0.2) is 0 Å². The molecule has 0 unspecified atom stereocenters. The fraction of sp³-hybridized carbons (Fsp3) is 0.375. The summed E-state index contributed by atoms with van der Waals surface area (Å²) in [7, 11) is 0. The van der Waals surface area contributed by atoms with Crippen LogP contribution < -0.4 is 0 Å². The molecule has 0 aliphatic carbocycles. The van der Waals surface area contributed by atoms with Gasteiger partial charge in [-0.2, -0.15) is 0 Å². The normalized spacial score (nSPS) is 14.8. The lowest BCUT2D eigenvalue weighted by Gasteiger charge is -2.22. The van der Waals surface area contributed by atoms with E-state index in [1.807, 2.05) is 38.1 Å². The molecule has 3 aromatic rings. The van der Waals surface area contributed by atoms with Crippen molar-refractivity contribution in [3.05, 3.63) is 65.7 Å². The zero-order valence-electron chi connectivity index (χ0n) is 17.9. The van der Waals surface area contributed by atoms with Crippen LogP contribution in [0.2, 0.25) is 0 Å². The van der Waals surface area contributed by atoms with E-state index in [2.05, 4.69) is 4.98 Å². The van der Waals surface area contributed by atoms with Crippen LogP contribution in [0.15, 0.2) is 53.2 Å². The van der Waals surface area contributed by atoms with Gasteiger partial charge in [0.2, 0.25) is 0 Å². The average Bonchev–Trinajstić information content (AvgIpc) is 2.97. The summed E-state index contributed by atoms with van der Waals surface area (Å²) in [5, 5.41) is 0.899. The molecule has 0 N–H and O–H groups in total. The second-order valence-corrected chi connectivity index (χ2v) is 7.94. The summed E-state index contributed by atoms with van der Waals surface area (Å²) in [6.45, 7) is 6.35. The Balaban J connectivity index is 1.53. The number of rotatable bonds is 5. The number of pyridine rings is 1. The quantitative estimate of drug-likeness (QED) is 0.627. The Morgan fingerprint density at radius 1 is 1.00 bits per heavy atom. The molecule has 0 saturated carbocycles. The molecule has 7 nitrogen and oxygen atoms in total. The van der Waals surface area contributed by atoms with Crippen LogP contribution in [-0.4, -0.2) is 58.9 Å². The van der Waals surface area contributed by atoms with Gasteiger partial charge >= 0.3 is 0 Å². The predicted octanol–water partition coefficient (Wildman–Crippen LogP) is 3.74. The average molecular weight is 421 g/mol. The zero-order chi connectivity index (χ0) is 21.8. The maximum Gasteiger partial charge on any atom is 0.290 e. The molecule has 1 fully saturated rings. The molecule has 1 aromatic carbocycles. The number of ether oxygens (including phenoxy) is 1. The minimum absolute atomic E-state index is 0.0357. The molecule has 0 bridgehead atoms. The number of carbonyl (C=O) groups is 2. The first-order valence-corrected chi connectivity index (χ1v) is 10.6. The number of aromatic nitrogens is 1. The number of fused-ring (bicyclic) bond motifs is 1. The van der Waals surface area contributed by atoms with Crippen molar-refractivity contribution in [1.82, 2.24) is 14.8 Å². The Labute approximate surface area is 181 Å². The fourth-order valence-electron chi connectivity index (χ4n) is 3.81. The number of hydrogen-bond acceptors (Lipinski definition) is 5. The molecule has 1 aliphatic rings. The summed E-state index contributed by atoms with van der Waals surface area (Å²) in [6, 6.07) is 11.1. The monoisotopic (exact) mass is 421 g/mol. The van der Waals surface area contributed by atoms with Crippen LogP contribution in [0, 0.1) is 0 Å². The van der Waals surface area contributed by atoms with Gasteiger partial charge in [0.15, 0.2) is 5.76 Å². The Bertz CT molecular complexity index is 1060. The van der Waals surface area contributed by atoms with E-state index in [1.165, 1.54) is 0 Å². The second kappa shape index (κ2) is 9.31. The van der Waals surface area contributed by atoms with Crippen LogP contribution in [0.3, 0.4) is 0 Å². The van der Waals surface area contributed by atoms with Crippen LogP contribution in [0.1, 0.15) is 46.7 Å². The predicted molar refractivity (Wildman–Crippen MR) is 117 cm³/mol. The van der Waals surface area contributed by atoms with Crippen molar-refractivity contribution in [1.29, 1.82) is 0 Å². The fourth-order valence-corrected chi connectivity index (χ4v) is 3.81. The van der Waals surface area contributed by atoms with E-state index in [-0.39, 0.29) is 17.9 Å². The van der Waals surface area contributed by atoms with Crippen molar-refractivity contribution < 1.29 is 18.7 Å². The molecule has 1 aliphatic heterocycles. The van der Waals surface area contributed by atoms with Crippen LogP contribution in [0.25, 0.3) is 11.0 Å². The molecule has 3 heterocycles. The number of para-hydroxylation sites is 1. The molecule has 162 valence electrons. The number of nitrogens with zero attached hydrogens (tertiary/aromatic N) is 3. The topological polar surface area (TPSA) is 75.9 Å². The molecular formula is C24H27N3O4. The molecule has 1 saturated heterocycles. The third kappa shape index (κ3) is 4.61. The molecule has 0 atom stereocenters. The first-order valence-electron chi connectivity index (χ1n) is 10.6. The Morgan fingerprint density at radius 3 is 2.39 bits per heavy atom. The van der Waals surface area contributed by atoms with E-state index < -0.39 is 0 Å². The lowest BCUT2D eigenvalue weighted by atomic mass is 10.1. The zero-order valence-corrected chi connectivity index (χ0v) is 17.9. The van der Waals surface area contributed by atoms with Crippen LogP contribution in [-0.2, 0) is 11.3 Å². The molecule has 7 heteroatoms. The summed E-state index contributed by atoms with van der Waals surface area (Å²) in [6.07, 6.45) is 3.98. The molecule has 31 heavy (non-hydrogen) atoms. The van der Waals surface area contributed by atoms with Crippen LogP contribution in [0.5, 0.6) is 0 Å². The third-order valence-electron chi connectivity index (χ3n) is 5.45. The highest BCUT2D eigenvalue weighted by atomic mass is 16.5. The van der Waals surface area contributed by atoms with Crippen molar-refractivity contribution >= 4 is 22.8 Å². The van der Waals surface area contributed by atoms with Crippen molar-refractivity contribution in [3.8, 4) is 0 Å². The largest absolute Gasteiger partial charge is 0.451 e. The van der Waals surface area contributed by atoms with Crippen molar-refractivity contribution in [3.63, 3.8) is 0 Å². The van der Waals surface area contributed by atoms with Crippen LogP contribution >= 0.6 is 0 Å². The van der Waals surface area contributed by atoms with Crippen molar-refractivity contribution in [2.24, 2.45) is 0 Å². The summed E-state index contributed by atoms with van der Waals surface area (Å²) >= 11 is 0. The minimum atomic E-state index is -0.156. The van der Waals surface area contributed by atoms with Gasteiger partial charge in [-0.3, -0.25) is 14.6 Å². The van der Waals surface area contributed by atoms with Gasteiger partial charge in [-0.05, 0) is 38.5 Å². The molecular weight excluding hydrogens is 394 g/mol. The molecule has 4 rings (SSSR count). The highest BCUT2D eigenvalue weighted by molar-refractivity contribution is 5.99.